The van der Waals surface area contributed by atoms with Gasteiger partial charge in [-0.3, -0.25) is 0 Å². The Morgan fingerprint density at radius 1 is 1.13 bits per heavy atom. The molecule has 0 atom stereocenters. The van der Waals surface area contributed by atoms with Crippen molar-refractivity contribution in [1.82, 2.24) is 14.9 Å². The second-order valence-corrected chi connectivity index (χ2v) is 6.81. The molecule has 0 aliphatic rings. The standard InChI is InChI=1S/C24H21N3O4/c1-17-14-20(26-31-17)16-30-23(28)13-10-19-15-27(21-6-4-3-5-7-21)25-24(19)18-8-11-22(29-2)12-9-18/h3-15H,16H2,1-2H3/b13-10+. The molecule has 0 radical (unpaired) electrons. The summed E-state index contributed by atoms with van der Waals surface area (Å²) in [6, 6.07) is 19.1. The van der Waals surface area contributed by atoms with E-state index >= 15 is 0 Å². The van der Waals surface area contributed by atoms with Crippen LogP contribution in [-0.2, 0) is 16.1 Å². The van der Waals surface area contributed by atoms with Crippen LogP contribution in [0, 0.1) is 6.92 Å². The van der Waals surface area contributed by atoms with Crippen LogP contribution < -0.4 is 4.74 Å². The number of hydrogen-bond acceptors (Lipinski definition) is 6. The van der Waals surface area contributed by atoms with Crippen molar-refractivity contribution in [2.24, 2.45) is 0 Å². The molecule has 7 heteroatoms. The first-order valence-electron chi connectivity index (χ1n) is 9.69. The summed E-state index contributed by atoms with van der Waals surface area (Å²) < 4.78 is 17.2. The van der Waals surface area contributed by atoms with Crippen LogP contribution in [0.5, 0.6) is 5.75 Å². The predicted molar refractivity (Wildman–Crippen MR) is 116 cm³/mol. The molecule has 0 unspecified atom stereocenters. The number of hydrogen-bond donors (Lipinski definition) is 0. The highest BCUT2D eigenvalue weighted by Crippen LogP contribution is 2.26. The predicted octanol–water partition coefficient (Wildman–Crippen LogP) is 4.60. The zero-order chi connectivity index (χ0) is 21.6. The number of methoxy groups -OCH3 is 1. The Morgan fingerprint density at radius 3 is 2.58 bits per heavy atom. The molecule has 0 bridgehead atoms. The van der Waals surface area contributed by atoms with Gasteiger partial charge in [0.1, 0.15) is 23.8 Å². The lowest BCUT2D eigenvalue weighted by molar-refractivity contribution is -0.139. The van der Waals surface area contributed by atoms with Crippen molar-refractivity contribution < 1.29 is 18.8 Å². The number of aryl methyl sites for hydroxylation is 1. The molecule has 0 saturated heterocycles. The number of carbonyl (C=O) groups is 1. The molecule has 0 aliphatic carbocycles. The van der Waals surface area contributed by atoms with Gasteiger partial charge in [0.05, 0.1) is 18.5 Å². The number of rotatable bonds is 7. The molecular weight excluding hydrogens is 394 g/mol. The van der Waals surface area contributed by atoms with Crippen LogP contribution in [0.4, 0.5) is 0 Å². The van der Waals surface area contributed by atoms with E-state index in [1.807, 2.05) is 60.8 Å². The number of esters is 1. The number of ether oxygens (including phenoxy) is 2. The maximum Gasteiger partial charge on any atom is 0.331 e. The number of aromatic nitrogens is 3. The molecule has 31 heavy (non-hydrogen) atoms. The number of carbonyl (C=O) groups excluding carboxylic acids is 1. The molecule has 0 fully saturated rings. The highest BCUT2D eigenvalue weighted by Gasteiger charge is 2.12. The second kappa shape index (κ2) is 9.13. The monoisotopic (exact) mass is 415 g/mol. The lowest BCUT2D eigenvalue weighted by Gasteiger charge is -2.02. The quantitative estimate of drug-likeness (QED) is 0.324. The summed E-state index contributed by atoms with van der Waals surface area (Å²) in [5.41, 5.74) is 3.91. The van der Waals surface area contributed by atoms with E-state index in [0.717, 1.165) is 28.3 Å². The Bertz CT molecular complexity index is 1190. The van der Waals surface area contributed by atoms with Gasteiger partial charge in [0, 0.05) is 29.5 Å². The molecule has 0 saturated carbocycles. The number of para-hydroxylation sites is 1. The van der Waals surface area contributed by atoms with Crippen LogP contribution in [0.2, 0.25) is 0 Å². The van der Waals surface area contributed by atoms with Gasteiger partial charge in [-0.2, -0.15) is 5.10 Å². The zero-order valence-corrected chi connectivity index (χ0v) is 17.2. The van der Waals surface area contributed by atoms with Crippen molar-refractivity contribution in [2.75, 3.05) is 7.11 Å². The van der Waals surface area contributed by atoms with Crippen LogP contribution in [-0.4, -0.2) is 28.0 Å². The average Bonchev–Trinajstić information content (AvgIpc) is 3.43. The largest absolute Gasteiger partial charge is 0.497 e. The highest BCUT2D eigenvalue weighted by atomic mass is 16.5. The average molecular weight is 415 g/mol. The lowest BCUT2D eigenvalue weighted by atomic mass is 10.1. The van der Waals surface area contributed by atoms with Gasteiger partial charge in [0.15, 0.2) is 0 Å². The Balaban J connectivity index is 1.59. The van der Waals surface area contributed by atoms with Gasteiger partial charge in [-0.05, 0) is 49.4 Å². The van der Waals surface area contributed by atoms with Gasteiger partial charge < -0.3 is 14.0 Å². The third kappa shape index (κ3) is 4.90. The van der Waals surface area contributed by atoms with Gasteiger partial charge in [-0.1, -0.05) is 23.4 Å². The summed E-state index contributed by atoms with van der Waals surface area (Å²) in [6.07, 6.45) is 4.95. The van der Waals surface area contributed by atoms with Gasteiger partial charge >= 0.3 is 5.97 Å². The Morgan fingerprint density at radius 2 is 1.90 bits per heavy atom. The topological polar surface area (TPSA) is 79.4 Å². The molecule has 0 aliphatic heterocycles. The third-order valence-corrected chi connectivity index (χ3v) is 4.56. The van der Waals surface area contributed by atoms with Crippen LogP contribution in [0.15, 0.2) is 77.5 Å². The molecule has 2 heterocycles. The molecule has 7 nitrogen and oxygen atoms in total. The Kier molecular flexibility index (Phi) is 5.93. The van der Waals surface area contributed by atoms with E-state index in [9.17, 15) is 4.79 Å². The minimum atomic E-state index is -0.478. The van der Waals surface area contributed by atoms with E-state index in [0.29, 0.717) is 11.5 Å². The number of nitrogens with zero attached hydrogens (tertiary/aromatic N) is 3. The van der Waals surface area contributed by atoms with Gasteiger partial charge in [-0.25, -0.2) is 9.48 Å². The molecule has 2 aromatic heterocycles. The summed E-state index contributed by atoms with van der Waals surface area (Å²) in [6.45, 7) is 1.83. The maximum atomic E-state index is 12.2. The Hall–Kier alpha value is -4.13. The minimum Gasteiger partial charge on any atom is -0.497 e. The van der Waals surface area contributed by atoms with Crippen LogP contribution >= 0.6 is 0 Å². The normalized spacial score (nSPS) is 11.0. The summed E-state index contributed by atoms with van der Waals surface area (Å²) in [5, 5.41) is 8.54. The van der Waals surface area contributed by atoms with Crippen molar-refractivity contribution >= 4 is 12.0 Å². The number of benzene rings is 2. The summed E-state index contributed by atoms with van der Waals surface area (Å²) in [4.78, 5) is 12.2. The van der Waals surface area contributed by atoms with Crippen molar-refractivity contribution in [3.05, 3.63) is 90.0 Å². The van der Waals surface area contributed by atoms with Gasteiger partial charge in [0.2, 0.25) is 0 Å². The van der Waals surface area contributed by atoms with E-state index < -0.39 is 5.97 Å². The summed E-state index contributed by atoms with van der Waals surface area (Å²) in [5.74, 6) is 0.947. The first-order chi connectivity index (χ1) is 15.1. The maximum absolute atomic E-state index is 12.2. The molecule has 156 valence electrons. The van der Waals surface area contributed by atoms with E-state index in [4.69, 9.17) is 19.1 Å². The van der Waals surface area contributed by atoms with E-state index in [1.54, 1.807) is 30.9 Å². The minimum absolute atomic E-state index is 0.0507. The fourth-order valence-corrected chi connectivity index (χ4v) is 3.03. The van der Waals surface area contributed by atoms with Crippen molar-refractivity contribution in [3.8, 4) is 22.7 Å². The first kappa shape index (κ1) is 20.2. The summed E-state index contributed by atoms with van der Waals surface area (Å²) >= 11 is 0. The van der Waals surface area contributed by atoms with Crippen LogP contribution in [0.3, 0.4) is 0 Å². The molecule has 4 aromatic rings. The SMILES string of the molecule is COc1ccc(-c2nn(-c3ccccc3)cc2/C=C/C(=O)OCc2cc(C)on2)cc1. The van der Waals surface area contributed by atoms with E-state index in [2.05, 4.69) is 5.16 Å². The smallest absolute Gasteiger partial charge is 0.331 e. The fourth-order valence-electron chi connectivity index (χ4n) is 3.03. The first-order valence-corrected chi connectivity index (χ1v) is 9.69. The zero-order valence-electron chi connectivity index (χ0n) is 17.2. The Labute approximate surface area is 179 Å². The molecule has 2 aromatic carbocycles. The van der Waals surface area contributed by atoms with E-state index in [1.165, 1.54) is 6.08 Å². The van der Waals surface area contributed by atoms with Crippen LogP contribution in [0.25, 0.3) is 23.0 Å². The summed E-state index contributed by atoms with van der Waals surface area (Å²) in [7, 11) is 1.62. The van der Waals surface area contributed by atoms with Crippen molar-refractivity contribution in [2.45, 2.75) is 13.5 Å². The van der Waals surface area contributed by atoms with Crippen molar-refractivity contribution in [1.29, 1.82) is 0 Å². The highest BCUT2D eigenvalue weighted by molar-refractivity contribution is 5.88. The van der Waals surface area contributed by atoms with E-state index in [-0.39, 0.29) is 6.61 Å². The molecule has 0 N–H and O–H groups in total. The molecule has 4 rings (SSSR count). The fraction of sp³-hybridized carbons (Fsp3) is 0.125. The molecule has 0 spiro atoms. The lowest BCUT2D eigenvalue weighted by Crippen LogP contribution is -2.00. The molecular formula is C24H21N3O4. The van der Waals surface area contributed by atoms with Gasteiger partial charge in [-0.15, -0.1) is 0 Å². The van der Waals surface area contributed by atoms with Gasteiger partial charge in [0.25, 0.3) is 0 Å². The molecule has 0 amide bonds. The van der Waals surface area contributed by atoms with Crippen molar-refractivity contribution in [3.63, 3.8) is 0 Å². The van der Waals surface area contributed by atoms with Crippen LogP contribution in [0.1, 0.15) is 17.0 Å². The second-order valence-electron chi connectivity index (χ2n) is 6.81. The third-order valence-electron chi connectivity index (χ3n) is 4.56.